The Bertz CT molecular complexity index is 1310. The van der Waals surface area contributed by atoms with Crippen LogP contribution in [-0.2, 0) is 11.8 Å². The number of nitrogens with zero attached hydrogens (tertiary/aromatic N) is 1. The van der Waals surface area contributed by atoms with E-state index in [-0.39, 0.29) is 11.5 Å². The molecule has 0 aliphatic carbocycles. The van der Waals surface area contributed by atoms with Crippen LogP contribution in [0.1, 0.15) is 51.9 Å². The number of aliphatic carboxylic acids is 1. The van der Waals surface area contributed by atoms with E-state index in [1.54, 1.807) is 20.4 Å². The van der Waals surface area contributed by atoms with Crippen molar-refractivity contribution in [2.75, 3.05) is 13.4 Å². The predicted molar refractivity (Wildman–Crippen MR) is 130 cm³/mol. The average Bonchev–Trinajstić information content (AvgIpc) is 3.06. The fourth-order valence-corrected chi connectivity index (χ4v) is 4.28. The molecule has 0 fully saturated rings. The number of fused-ring (bicyclic) bond motifs is 1. The van der Waals surface area contributed by atoms with E-state index in [9.17, 15) is 14.4 Å². The topological polar surface area (TPSA) is 98.7 Å². The number of hydrogen-bond donors (Lipinski definition) is 1. The first-order chi connectivity index (χ1) is 15.7. The minimum Gasteiger partial charge on any atom is -0.496 e. The van der Waals surface area contributed by atoms with Crippen molar-refractivity contribution < 1.29 is 23.8 Å². The molecule has 1 N–H and O–H groups in total. The summed E-state index contributed by atoms with van der Waals surface area (Å²) < 4.78 is 12.3. The van der Waals surface area contributed by atoms with Crippen LogP contribution >= 0.6 is 11.8 Å². The molecule has 0 bridgehead atoms. The van der Waals surface area contributed by atoms with Crippen molar-refractivity contribution in [3.63, 3.8) is 0 Å². The fraction of sp³-hybridized carbons (Fsp3) is 0.320. The highest BCUT2D eigenvalue weighted by atomic mass is 32.2. The van der Waals surface area contributed by atoms with Crippen LogP contribution < -0.4 is 10.5 Å². The summed E-state index contributed by atoms with van der Waals surface area (Å²) in [7, 11) is 3.19. The molecular formula is C25H27NO6S. The van der Waals surface area contributed by atoms with Gasteiger partial charge in [-0.2, -0.15) is 0 Å². The second kappa shape index (κ2) is 10.1. The van der Waals surface area contributed by atoms with Crippen LogP contribution in [0.2, 0.25) is 0 Å². The number of carboxylic acid groups (broad SMARTS) is 1. The van der Waals surface area contributed by atoms with Crippen molar-refractivity contribution in [3.8, 4) is 5.75 Å². The van der Waals surface area contributed by atoms with Crippen LogP contribution in [0, 0.1) is 13.8 Å². The number of thioether (sulfide) groups is 1. The highest BCUT2D eigenvalue weighted by Gasteiger charge is 2.19. The Balaban J connectivity index is 2.22. The van der Waals surface area contributed by atoms with Crippen molar-refractivity contribution in [1.29, 1.82) is 0 Å². The lowest BCUT2D eigenvalue weighted by molar-refractivity contribution is -0.137. The molecule has 0 spiro atoms. The number of oxazole rings is 1. The van der Waals surface area contributed by atoms with Gasteiger partial charge < -0.3 is 14.3 Å². The first kappa shape index (κ1) is 24.4. The van der Waals surface area contributed by atoms with E-state index >= 15 is 0 Å². The predicted octanol–water partition coefficient (Wildman–Crippen LogP) is 4.95. The number of aromatic nitrogens is 1. The minimum atomic E-state index is -0.844. The number of benzene rings is 2. The Morgan fingerprint density at radius 3 is 2.45 bits per heavy atom. The largest absolute Gasteiger partial charge is 0.496 e. The van der Waals surface area contributed by atoms with E-state index in [1.165, 1.54) is 4.57 Å². The van der Waals surface area contributed by atoms with Gasteiger partial charge in [0.1, 0.15) is 5.75 Å². The molecule has 0 unspecified atom stereocenters. The molecule has 3 rings (SSSR count). The number of methoxy groups -OCH3 is 1. The number of allylic oxidation sites excluding steroid dienone is 1. The summed E-state index contributed by atoms with van der Waals surface area (Å²) in [5, 5.41) is 8.90. The van der Waals surface area contributed by atoms with Crippen LogP contribution in [0.5, 0.6) is 5.75 Å². The van der Waals surface area contributed by atoms with Crippen LogP contribution in [0.15, 0.2) is 39.6 Å². The Labute approximate surface area is 196 Å². The van der Waals surface area contributed by atoms with Gasteiger partial charge in [0.15, 0.2) is 5.58 Å². The standard InChI is InChI=1S/C25H27NO6S/c1-14-10-16(12-19(22(14)31-4)24(29)33-5)18(8-6-7-9-21(27)28)17-11-15(2)23-20(13-17)26(3)25(30)32-23/h8,10-13H,6-7,9H2,1-5H3,(H,27,28)/b18-8+. The summed E-state index contributed by atoms with van der Waals surface area (Å²) >= 11 is 1.11. The zero-order chi connectivity index (χ0) is 24.3. The number of rotatable bonds is 8. The van der Waals surface area contributed by atoms with Crippen molar-refractivity contribution in [2.45, 2.75) is 33.1 Å². The molecule has 1 aromatic heterocycles. The molecule has 174 valence electrons. The number of aryl methyl sites for hydroxylation is 3. The van der Waals surface area contributed by atoms with Crippen LogP contribution in [0.3, 0.4) is 0 Å². The number of carboxylic acids is 1. The second-order valence-corrected chi connectivity index (χ2v) is 8.62. The zero-order valence-corrected chi connectivity index (χ0v) is 20.2. The quantitative estimate of drug-likeness (QED) is 0.466. The lowest BCUT2D eigenvalue weighted by Gasteiger charge is -2.16. The average molecular weight is 470 g/mol. The van der Waals surface area contributed by atoms with E-state index < -0.39 is 11.7 Å². The Hall–Kier alpha value is -3.26. The molecule has 3 aromatic rings. The maximum absolute atomic E-state index is 12.6. The first-order valence-electron chi connectivity index (χ1n) is 10.5. The summed E-state index contributed by atoms with van der Waals surface area (Å²) in [5.41, 5.74) is 5.80. The summed E-state index contributed by atoms with van der Waals surface area (Å²) in [6.07, 6.45) is 4.80. The molecule has 0 aliphatic heterocycles. The molecule has 0 saturated heterocycles. The van der Waals surface area contributed by atoms with E-state index in [0.717, 1.165) is 39.6 Å². The lowest BCUT2D eigenvalue weighted by Crippen LogP contribution is -2.08. The van der Waals surface area contributed by atoms with Crippen molar-refractivity contribution in [3.05, 3.63) is 68.7 Å². The number of hydrogen-bond acceptors (Lipinski definition) is 6. The maximum atomic E-state index is 12.6. The second-order valence-electron chi connectivity index (χ2n) is 7.84. The summed E-state index contributed by atoms with van der Waals surface area (Å²) in [6.45, 7) is 3.76. The molecule has 0 radical (unpaired) electrons. The number of unbranched alkanes of at least 4 members (excludes halogenated alkanes) is 1. The number of carbonyl (C=O) groups excluding carboxylic acids is 1. The van der Waals surface area contributed by atoms with Gasteiger partial charge in [-0.3, -0.25) is 14.2 Å². The SMILES string of the molecule is COc1c(C)cc(/C(=C\CCCC(=O)O)c2cc(C)c3oc(=O)n(C)c3c2)cc1C(=O)SC. The van der Waals surface area contributed by atoms with Gasteiger partial charge in [0.2, 0.25) is 5.12 Å². The molecule has 2 aromatic carbocycles. The molecule has 8 heteroatoms. The van der Waals surface area contributed by atoms with Gasteiger partial charge in [-0.05, 0) is 85.0 Å². The van der Waals surface area contributed by atoms with Crippen molar-refractivity contribution in [1.82, 2.24) is 4.57 Å². The molecular weight excluding hydrogens is 442 g/mol. The molecule has 0 saturated carbocycles. The Morgan fingerprint density at radius 1 is 1.15 bits per heavy atom. The van der Waals surface area contributed by atoms with Crippen LogP contribution in [-0.4, -0.2) is 34.1 Å². The third-order valence-corrected chi connectivity index (χ3v) is 6.12. The maximum Gasteiger partial charge on any atom is 0.419 e. The first-order valence-corrected chi connectivity index (χ1v) is 11.7. The number of carbonyl (C=O) groups is 2. The smallest absolute Gasteiger partial charge is 0.419 e. The van der Waals surface area contributed by atoms with Crippen molar-refractivity contribution >= 4 is 39.5 Å². The summed E-state index contributed by atoms with van der Waals surface area (Å²) in [6, 6.07) is 7.57. The third kappa shape index (κ3) is 5.06. The fourth-order valence-electron chi connectivity index (χ4n) is 3.91. The molecule has 0 atom stereocenters. The van der Waals surface area contributed by atoms with E-state index in [4.69, 9.17) is 14.3 Å². The lowest BCUT2D eigenvalue weighted by atomic mass is 9.92. The summed E-state index contributed by atoms with van der Waals surface area (Å²) in [4.78, 5) is 35.6. The van der Waals surface area contributed by atoms with Gasteiger partial charge >= 0.3 is 11.7 Å². The van der Waals surface area contributed by atoms with E-state index in [0.29, 0.717) is 35.3 Å². The zero-order valence-electron chi connectivity index (χ0n) is 19.4. The van der Waals surface area contributed by atoms with Gasteiger partial charge in [0.25, 0.3) is 0 Å². The molecule has 7 nitrogen and oxygen atoms in total. The summed E-state index contributed by atoms with van der Waals surface area (Å²) in [5.74, 6) is -0.749. The van der Waals surface area contributed by atoms with Gasteiger partial charge in [0, 0.05) is 13.5 Å². The Kier molecular flexibility index (Phi) is 7.48. The highest BCUT2D eigenvalue weighted by molar-refractivity contribution is 8.13. The van der Waals surface area contributed by atoms with Crippen LogP contribution in [0.4, 0.5) is 0 Å². The molecule has 0 aliphatic rings. The molecule has 0 amide bonds. The highest BCUT2D eigenvalue weighted by Crippen LogP contribution is 2.35. The van der Waals surface area contributed by atoms with Gasteiger partial charge in [-0.1, -0.05) is 17.8 Å². The van der Waals surface area contributed by atoms with E-state index in [2.05, 4.69) is 0 Å². The minimum absolute atomic E-state index is 0.0654. The molecule has 1 heterocycles. The van der Waals surface area contributed by atoms with Crippen molar-refractivity contribution in [2.24, 2.45) is 7.05 Å². The monoisotopic (exact) mass is 469 g/mol. The third-order valence-electron chi connectivity index (χ3n) is 5.53. The number of ether oxygens (including phenoxy) is 1. The van der Waals surface area contributed by atoms with Gasteiger partial charge in [0.05, 0.1) is 18.2 Å². The molecule has 33 heavy (non-hydrogen) atoms. The normalized spacial score (nSPS) is 11.7. The van der Waals surface area contributed by atoms with Crippen LogP contribution in [0.25, 0.3) is 16.7 Å². The van der Waals surface area contributed by atoms with E-state index in [1.807, 2.05) is 44.2 Å². The van der Waals surface area contributed by atoms with Gasteiger partial charge in [-0.25, -0.2) is 4.79 Å². The van der Waals surface area contributed by atoms with Gasteiger partial charge in [-0.15, -0.1) is 0 Å². The Morgan fingerprint density at radius 2 is 1.82 bits per heavy atom.